The van der Waals surface area contributed by atoms with Crippen LogP contribution in [-0.4, -0.2) is 27.3 Å². The van der Waals surface area contributed by atoms with E-state index in [0.29, 0.717) is 27.2 Å². The Balaban J connectivity index is 1.78. The third-order valence-corrected chi connectivity index (χ3v) is 4.84. The van der Waals surface area contributed by atoms with Gasteiger partial charge in [-0.1, -0.05) is 11.8 Å². The van der Waals surface area contributed by atoms with E-state index < -0.39 is 0 Å². The topological polar surface area (TPSA) is 64.0 Å². The van der Waals surface area contributed by atoms with Gasteiger partial charge in [0, 0.05) is 13.1 Å². The predicted molar refractivity (Wildman–Crippen MR) is 76.7 cm³/mol. The summed E-state index contributed by atoms with van der Waals surface area (Å²) >= 11 is 2.70. The highest BCUT2D eigenvalue weighted by atomic mass is 32.2. The standard InChI is InChI=1S/C12H13N3O2S2/c1-15-11(17)10-8(4-5-18-10)14-12(15)19-6-9(16)13-7-2-3-7/h4-5,7H,2-3,6H2,1H3,(H,13,16). The van der Waals surface area contributed by atoms with E-state index in [0.717, 1.165) is 12.8 Å². The van der Waals surface area contributed by atoms with Crippen LogP contribution in [0.2, 0.25) is 0 Å². The Kier molecular flexibility index (Phi) is 3.32. The second-order valence-electron chi connectivity index (χ2n) is 4.52. The summed E-state index contributed by atoms with van der Waals surface area (Å²) in [6.45, 7) is 0. The van der Waals surface area contributed by atoms with Crippen LogP contribution in [0, 0.1) is 0 Å². The number of aromatic nitrogens is 2. The summed E-state index contributed by atoms with van der Waals surface area (Å²) in [6, 6.07) is 2.19. The number of thioether (sulfide) groups is 1. The van der Waals surface area contributed by atoms with Crippen LogP contribution in [0.4, 0.5) is 0 Å². The van der Waals surface area contributed by atoms with Gasteiger partial charge in [0.25, 0.3) is 5.56 Å². The lowest BCUT2D eigenvalue weighted by atomic mass is 10.5. The van der Waals surface area contributed by atoms with Crippen molar-refractivity contribution >= 4 is 39.2 Å². The largest absolute Gasteiger partial charge is 0.353 e. The van der Waals surface area contributed by atoms with Gasteiger partial charge in [-0.3, -0.25) is 14.2 Å². The number of carbonyl (C=O) groups excluding carboxylic acids is 1. The van der Waals surface area contributed by atoms with Crippen LogP contribution in [0.3, 0.4) is 0 Å². The van der Waals surface area contributed by atoms with Crippen molar-refractivity contribution in [2.24, 2.45) is 7.05 Å². The van der Waals surface area contributed by atoms with Gasteiger partial charge in [0.15, 0.2) is 5.16 Å². The molecule has 19 heavy (non-hydrogen) atoms. The monoisotopic (exact) mass is 295 g/mol. The molecule has 0 unspecified atom stereocenters. The molecule has 2 aromatic heterocycles. The van der Waals surface area contributed by atoms with E-state index in [2.05, 4.69) is 10.3 Å². The third kappa shape index (κ3) is 2.66. The van der Waals surface area contributed by atoms with Gasteiger partial charge >= 0.3 is 0 Å². The third-order valence-electron chi connectivity index (χ3n) is 2.92. The molecule has 0 aromatic carbocycles. The molecule has 0 atom stereocenters. The molecule has 1 fully saturated rings. The molecule has 0 saturated heterocycles. The smallest absolute Gasteiger partial charge is 0.271 e. The predicted octanol–water partition coefficient (Wildman–Crippen LogP) is 1.37. The molecular weight excluding hydrogens is 282 g/mol. The quantitative estimate of drug-likeness (QED) is 0.683. The van der Waals surface area contributed by atoms with Crippen LogP contribution in [0.15, 0.2) is 21.4 Å². The summed E-state index contributed by atoms with van der Waals surface area (Å²) in [5.41, 5.74) is 0.656. The molecule has 7 heteroatoms. The Hall–Kier alpha value is -1.34. The Morgan fingerprint density at radius 3 is 3.16 bits per heavy atom. The fourth-order valence-corrected chi connectivity index (χ4v) is 3.31. The van der Waals surface area contributed by atoms with Gasteiger partial charge in [0.1, 0.15) is 4.70 Å². The Morgan fingerprint density at radius 1 is 1.63 bits per heavy atom. The molecule has 0 aliphatic heterocycles. The van der Waals surface area contributed by atoms with Crippen molar-refractivity contribution in [2.45, 2.75) is 24.0 Å². The van der Waals surface area contributed by atoms with Crippen molar-refractivity contribution in [3.8, 4) is 0 Å². The maximum atomic E-state index is 12.1. The number of nitrogens with zero attached hydrogens (tertiary/aromatic N) is 2. The van der Waals surface area contributed by atoms with E-state index in [-0.39, 0.29) is 11.5 Å². The molecule has 1 aliphatic carbocycles. The Bertz CT molecular complexity index is 688. The summed E-state index contributed by atoms with van der Waals surface area (Å²) in [6.07, 6.45) is 2.15. The fraction of sp³-hybridized carbons (Fsp3) is 0.417. The van der Waals surface area contributed by atoms with Gasteiger partial charge in [0.2, 0.25) is 5.91 Å². The van der Waals surface area contributed by atoms with Gasteiger partial charge in [0.05, 0.1) is 11.3 Å². The first kappa shape index (κ1) is 12.7. The molecule has 2 aromatic rings. The molecular formula is C12H13N3O2S2. The zero-order valence-electron chi connectivity index (χ0n) is 10.4. The van der Waals surface area contributed by atoms with Crippen LogP contribution < -0.4 is 10.9 Å². The van der Waals surface area contributed by atoms with Crippen molar-refractivity contribution in [3.05, 3.63) is 21.8 Å². The van der Waals surface area contributed by atoms with E-state index >= 15 is 0 Å². The summed E-state index contributed by atoms with van der Waals surface area (Å²) in [7, 11) is 1.69. The lowest BCUT2D eigenvalue weighted by Crippen LogP contribution is -2.27. The number of fused-ring (bicyclic) bond motifs is 1. The first-order chi connectivity index (χ1) is 9.15. The fourth-order valence-electron chi connectivity index (χ4n) is 1.72. The first-order valence-corrected chi connectivity index (χ1v) is 7.88. The molecule has 2 heterocycles. The Morgan fingerprint density at radius 2 is 2.42 bits per heavy atom. The molecule has 3 rings (SSSR count). The van der Waals surface area contributed by atoms with E-state index in [9.17, 15) is 9.59 Å². The molecule has 0 spiro atoms. The Labute approximate surface area is 118 Å². The van der Waals surface area contributed by atoms with Crippen molar-refractivity contribution in [1.82, 2.24) is 14.9 Å². The minimum atomic E-state index is -0.0508. The summed E-state index contributed by atoms with van der Waals surface area (Å²) in [4.78, 5) is 28.1. The molecule has 1 amide bonds. The van der Waals surface area contributed by atoms with E-state index in [1.54, 1.807) is 7.05 Å². The lowest BCUT2D eigenvalue weighted by Gasteiger charge is -2.07. The zero-order chi connectivity index (χ0) is 13.4. The molecule has 1 saturated carbocycles. The van der Waals surface area contributed by atoms with Gasteiger partial charge in [-0.15, -0.1) is 11.3 Å². The summed E-state index contributed by atoms with van der Waals surface area (Å²) < 4.78 is 2.17. The van der Waals surface area contributed by atoms with Gasteiger partial charge in [-0.05, 0) is 24.3 Å². The van der Waals surface area contributed by atoms with Crippen molar-refractivity contribution < 1.29 is 4.79 Å². The van der Waals surface area contributed by atoms with Gasteiger partial charge < -0.3 is 5.32 Å². The van der Waals surface area contributed by atoms with E-state index in [4.69, 9.17) is 0 Å². The maximum Gasteiger partial charge on any atom is 0.271 e. The second kappa shape index (κ2) is 4.97. The lowest BCUT2D eigenvalue weighted by molar-refractivity contribution is -0.118. The summed E-state index contributed by atoms with van der Waals surface area (Å²) in [5, 5.41) is 5.36. The number of hydrogen-bond donors (Lipinski definition) is 1. The number of nitrogens with one attached hydrogen (secondary N) is 1. The maximum absolute atomic E-state index is 12.1. The van der Waals surface area contributed by atoms with E-state index in [1.807, 2.05) is 11.4 Å². The van der Waals surface area contributed by atoms with Crippen LogP contribution in [-0.2, 0) is 11.8 Å². The highest BCUT2D eigenvalue weighted by Crippen LogP contribution is 2.21. The first-order valence-electron chi connectivity index (χ1n) is 6.01. The van der Waals surface area contributed by atoms with E-state index in [1.165, 1.54) is 27.7 Å². The van der Waals surface area contributed by atoms with Gasteiger partial charge in [-0.25, -0.2) is 4.98 Å². The molecule has 1 N–H and O–H groups in total. The number of amides is 1. The average Bonchev–Trinajstić information content (AvgIpc) is 3.06. The molecule has 1 aliphatic rings. The zero-order valence-corrected chi connectivity index (χ0v) is 12.0. The highest BCUT2D eigenvalue weighted by molar-refractivity contribution is 7.99. The second-order valence-corrected chi connectivity index (χ2v) is 6.38. The molecule has 0 bridgehead atoms. The molecule has 0 radical (unpaired) electrons. The normalized spacial score (nSPS) is 14.8. The minimum Gasteiger partial charge on any atom is -0.353 e. The van der Waals surface area contributed by atoms with Crippen LogP contribution in [0.25, 0.3) is 10.2 Å². The van der Waals surface area contributed by atoms with Crippen molar-refractivity contribution in [3.63, 3.8) is 0 Å². The minimum absolute atomic E-state index is 0.00663. The van der Waals surface area contributed by atoms with Crippen LogP contribution >= 0.6 is 23.1 Å². The SMILES string of the molecule is Cn1c(SCC(=O)NC2CC2)nc2ccsc2c1=O. The number of carbonyl (C=O) groups is 1. The average molecular weight is 295 g/mol. The van der Waals surface area contributed by atoms with Gasteiger partial charge in [-0.2, -0.15) is 0 Å². The van der Waals surface area contributed by atoms with Crippen LogP contribution in [0.5, 0.6) is 0 Å². The number of hydrogen-bond acceptors (Lipinski definition) is 5. The molecule has 5 nitrogen and oxygen atoms in total. The summed E-state index contributed by atoms with van der Waals surface area (Å²) in [5.74, 6) is 0.305. The van der Waals surface area contributed by atoms with Crippen molar-refractivity contribution in [2.75, 3.05) is 5.75 Å². The van der Waals surface area contributed by atoms with Crippen LogP contribution in [0.1, 0.15) is 12.8 Å². The van der Waals surface area contributed by atoms with Crippen molar-refractivity contribution in [1.29, 1.82) is 0 Å². The highest BCUT2D eigenvalue weighted by Gasteiger charge is 2.23. The molecule has 100 valence electrons. The number of thiophene rings is 1. The number of rotatable bonds is 4.